The fraction of sp³-hybridized carbons (Fsp3) is 0.881. The molecule has 3 atom stereocenters. The summed E-state index contributed by atoms with van der Waals surface area (Å²) in [6, 6.07) is -0.752. The number of unbranched alkanes of at least 4 members (excludes halogenated alkanes) is 26. The summed E-state index contributed by atoms with van der Waals surface area (Å²) >= 11 is 0. The standard InChI is InChI=1S/C42H81NO4/c1-3-5-7-9-11-13-15-17-18-19-20-21-22-23-24-25-27-29-31-33-35-39(45)37-41(46)40(38-44)43-42(47)36-34-32-30-28-26-16-14-12-10-8-6-4-2/h27,29,33,35,39-41,44-46H,3-26,28,30-32,34,36-38H2,1-2H3,(H,43,47)/b29-27+,35-33+. The highest BCUT2D eigenvalue weighted by molar-refractivity contribution is 5.76. The fourth-order valence-electron chi connectivity index (χ4n) is 6.32. The smallest absolute Gasteiger partial charge is 0.220 e. The van der Waals surface area contributed by atoms with Crippen molar-refractivity contribution in [1.29, 1.82) is 0 Å². The van der Waals surface area contributed by atoms with Crippen molar-refractivity contribution in [3.05, 3.63) is 24.3 Å². The molecule has 0 aromatic rings. The number of hydrogen-bond acceptors (Lipinski definition) is 4. The monoisotopic (exact) mass is 664 g/mol. The molecular weight excluding hydrogens is 582 g/mol. The van der Waals surface area contributed by atoms with Crippen LogP contribution in [0.2, 0.25) is 0 Å². The Balaban J connectivity index is 3.71. The van der Waals surface area contributed by atoms with Crippen LogP contribution in [0.15, 0.2) is 24.3 Å². The van der Waals surface area contributed by atoms with Crippen molar-refractivity contribution in [2.75, 3.05) is 6.61 Å². The van der Waals surface area contributed by atoms with Crippen LogP contribution >= 0.6 is 0 Å². The Labute approximate surface area is 292 Å². The number of rotatable bonds is 37. The van der Waals surface area contributed by atoms with Gasteiger partial charge in [-0.25, -0.2) is 0 Å². The van der Waals surface area contributed by atoms with Crippen LogP contribution < -0.4 is 5.32 Å². The van der Waals surface area contributed by atoms with Gasteiger partial charge in [0.1, 0.15) is 0 Å². The highest BCUT2D eigenvalue weighted by Crippen LogP contribution is 2.15. The van der Waals surface area contributed by atoms with Crippen molar-refractivity contribution in [2.24, 2.45) is 0 Å². The number of carbonyl (C=O) groups excluding carboxylic acids is 1. The molecule has 0 aliphatic carbocycles. The second-order valence-electron chi connectivity index (χ2n) is 14.2. The maximum atomic E-state index is 12.3. The number of carbonyl (C=O) groups is 1. The SMILES string of the molecule is CCCCCCCCCCCCCCCCC/C=C/C/C=C/C(O)CC(O)C(CO)NC(=O)CCCCCCCCCCCCCC. The van der Waals surface area contributed by atoms with Crippen LogP contribution in [0.3, 0.4) is 0 Å². The molecule has 278 valence electrons. The van der Waals surface area contributed by atoms with Crippen LogP contribution in [0.5, 0.6) is 0 Å². The summed E-state index contributed by atoms with van der Waals surface area (Å²) in [5.41, 5.74) is 0. The van der Waals surface area contributed by atoms with Gasteiger partial charge in [-0.2, -0.15) is 0 Å². The van der Waals surface area contributed by atoms with E-state index in [4.69, 9.17) is 0 Å². The van der Waals surface area contributed by atoms with Crippen LogP contribution in [-0.4, -0.2) is 46.1 Å². The average Bonchev–Trinajstić information content (AvgIpc) is 3.06. The highest BCUT2D eigenvalue weighted by atomic mass is 16.3. The summed E-state index contributed by atoms with van der Waals surface area (Å²) in [5.74, 6) is -0.139. The number of nitrogens with one attached hydrogen (secondary N) is 1. The minimum absolute atomic E-state index is 0.0868. The number of amides is 1. The normalized spacial score (nSPS) is 13.9. The molecule has 0 fully saturated rings. The lowest BCUT2D eigenvalue weighted by Gasteiger charge is -2.23. The zero-order chi connectivity index (χ0) is 34.5. The zero-order valence-corrected chi connectivity index (χ0v) is 31.4. The van der Waals surface area contributed by atoms with E-state index >= 15 is 0 Å². The lowest BCUT2D eigenvalue weighted by Crippen LogP contribution is -2.46. The van der Waals surface area contributed by atoms with Crippen molar-refractivity contribution in [1.82, 2.24) is 5.32 Å². The van der Waals surface area contributed by atoms with Crippen LogP contribution in [0.4, 0.5) is 0 Å². The number of aliphatic hydroxyl groups excluding tert-OH is 3. The van der Waals surface area contributed by atoms with Crippen molar-refractivity contribution < 1.29 is 20.1 Å². The molecule has 0 aromatic heterocycles. The first-order valence-corrected chi connectivity index (χ1v) is 20.6. The van der Waals surface area contributed by atoms with E-state index in [0.29, 0.717) is 6.42 Å². The van der Waals surface area contributed by atoms with E-state index in [0.717, 1.165) is 32.1 Å². The van der Waals surface area contributed by atoms with E-state index in [1.807, 2.05) is 6.08 Å². The van der Waals surface area contributed by atoms with Gasteiger partial charge in [-0.05, 0) is 25.7 Å². The van der Waals surface area contributed by atoms with Gasteiger partial charge >= 0.3 is 0 Å². The molecule has 4 N–H and O–H groups in total. The Kier molecular flexibility index (Phi) is 36.7. The third kappa shape index (κ3) is 34.5. The molecule has 0 aliphatic heterocycles. The summed E-state index contributed by atoms with van der Waals surface area (Å²) in [6.07, 6.45) is 44.3. The minimum Gasteiger partial charge on any atom is -0.394 e. The van der Waals surface area contributed by atoms with Crippen molar-refractivity contribution in [3.8, 4) is 0 Å². The van der Waals surface area contributed by atoms with Gasteiger partial charge in [-0.3, -0.25) is 4.79 Å². The van der Waals surface area contributed by atoms with Gasteiger partial charge in [-0.15, -0.1) is 0 Å². The third-order valence-electron chi connectivity index (χ3n) is 9.52. The predicted molar refractivity (Wildman–Crippen MR) is 204 cm³/mol. The lowest BCUT2D eigenvalue weighted by atomic mass is 10.0. The Hall–Kier alpha value is -1.17. The lowest BCUT2D eigenvalue weighted by molar-refractivity contribution is -0.123. The van der Waals surface area contributed by atoms with Crippen LogP contribution in [0.1, 0.15) is 213 Å². The van der Waals surface area contributed by atoms with Gasteiger partial charge in [0.15, 0.2) is 0 Å². The van der Waals surface area contributed by atoms with Gasteiger partial charge in [-0.1, -0.05) is 199 Å². The molecule has 3 unspecified atom stereocenters. The fourth-order valence-corrected chi connectivity index (χ4v) is 6.32. The van der Waals surface area contributed by atoms with Crippen molar-refractivity contribution in [2.45, 2.75) is 231 Å². The second-order valence-corrected chi connectivity index (χ2v) is 14.2. The quantitative estimate of drug-likeness (QED) is 0.0393. The molecule has 0 aromatic carbocycles. The van der Waals surface area contributed by atoms with Gasteiger partial charge in [0, 0.05) is 12.8 Å². The number of hydrogen-bond donors (Lipinski definition) is 4. The first-order chi connectivity index (χ1) is 23.0. The molecular formula is C42H81NO4. The highest BCUT2D eigenvalue weighted by Gasteiger charge is 2.22. The molecule has 0 spiro atoms. The van der Waals surface area contributed by atoms with Crippen molar-refractivity contribution >= 4 is 5.91 Å². The van der Waals surface area contributed by atoms with Crippen LogP contribution in [0.25, 0.3) is 0 Å². The first kappa shape index (κ1) is 45.8. The Morgan fingerprint density at radius 2 is 0.957 bits per heavy atom. The Morgan fingerprint density at radius 3 is 1.38 bits per heavy atom. The summed E-state index contributed by atoms with van der Waals surface area (Å²) in [6.45, 7) is 4.19. The molecule has 0 rings (SSSR count). The molecule has 0 saturated heterocycles. The third-order valence-corrected chi connectivity index (χ3v) is 9.52. The molecule has 0 bridgehead atoms. The van der Waals surface area contributed by atoms with E-state index in [-0.39, 0.29) is 18.9 Å². The molecule has 0 heterocycles. The van der Waals surface area contributed by atoms with Crippen LogP contribution in [-0.2, 0) is 4.79 Å². The molecule has 0 aliphatic rings. The number of aliphatic hydroxyl groups is 3. The van der Waals surface area contributed by atoms with Crippen LogP contribution in [0, 0.1) is 0 Å². The average molecular weight is 664 g/mol. The van der Waals surface area contributed by atoms with E-state index in [1.165, 1.54) is 154 Å². The summed E-state index contributed by atoms with van der Waals surface area (Å²) in [5, 5.41) is 33.2. The second kappa shape index (κ2) is 37.6. The zero-order valence-electron chi connectivity index (χ0n) is 31.4. The number of allylic oxidation sites excluding steroid dienone is 3. The summed E-state index contributed by atoms with van der Waals surface area (Å²) < 4.78 is 0. The van der Waals surface area contributed by atoms with Gasteiger partial charge in [0.2, 0.25) is 5.91 Å². The van der Waals surface area contributed by atoms with E-state index in [1.54, 1.807) is 6.08 Å². The van der Waals surface area contributed by atoms with E-state index in [2.05, 4.69) is 31.3 Å². The van der Waals surface area contributed by atoms with Gasteiger partial charge < -0.3 is 20.6 Å². The largest absolute Gasteiger partial charge is 0.394 e. The van der Waals surface area contributed by atoms with Gasteiger partial charge in [0.05, 0.1) is 24.9 Å². The Morgan fingerprint density at radius 1 is 0.553 bits per heavy atom. The molecule has 0 saturated carbocycles. The minimum atomic E-state index is -0.994. The predicted octanol–water partition coefficient (Wildman–Crippen LogP) is 11.4. The molecule has 47 heavy (non-hydrogen) atoms. The summed E-state index contributed by atoms with van der Waals surface area (Å²) in [4.78, 5) is 12.3. The molecule has 0 radical (unpaired) electrons. The van der Waals surface area contributed by atoms with E-state index in [9.17, 15) is 20.1 Å². The molecule has 1 amide bonds. The molecule has 5 nitrogen and oxygen atoms in total. The van der Waals surface area contributed by atoms with E-state index < -0.39 is 18.2 Å². The first-order valence-electron chi connectivity index (χ1n) is 20.6. The van der Waals surface area contributed by atoms with Crippen molar-refractivity contribution in [3.63, 3.8) is 0 Å². The van der Waals surface area contributed by atoms with Gasteiger partial charge in [0.25, 0.3) is 0 Å². The molecule has 5 heteroatoms. The maximum Gasteiger partial charge on any atom is 0.220 e. The Bertz CT molecular complexity index is 694. The topological polar surface area (TPSA) is 89.8 Å². The summed E-state index contributed by atoms with van der Waals surface area (Å²) in [7, 11) is 0. The maximum absolute atomic E-state index is 12.3.